The van der Waals surface area contributed by atoms with Gasteiger partial charge in [0.05, 0.1) is 10.8 Å². The minimum Gasteiger partial charge on any atom is -0.481 e. The lowest BCUT2D eigenvalue weighted by Crippen LogP contribution is -2.39. The van der Waals surface area contributed by atoms with Crippen molar-refractivity contribution in [1.29, 1.82) is 0 Å². The van der Waals surface area contributed by atoms with Crippen molar-refractivity contribution in [1.82, 2.24) is 0 Å². The second-order valence-corrected chi connectivity index (χ2v) is 5.14. The molecule has 7 nitrogen and oxygen atoms in total. The summed E-state index contributed by atoms with van der Waals surface area (Å²) < 4.78 is 0. The van der Waals surface area contributed by atoms with Crippen molar-refractivity contribution >= 4 is 23.1 Å². The summed E-state index contributed by atoms with van der Waals surface area (Å²) >= 11 is 0. The molecule has 2 rings (SSSR count). The Balaban J connectivity index is 2.36. The molecule has 0 spiro atoms. The van der Waals surface area contributed by atoms with Gasteiger partial charge in [0.25, 0.3) is 5.69 Å². The average Bonchev–Trinajstić information content (AvgIpc) is 2.46. The summed E-state index contributed by atoms with van der Waals surface area (Å²) in [5, 5.41) is 20.3. The summed E-state index contributed by atoms with van der Waals surface area (Å²) in [6.07, 6.45) is 1.24. The van der Waals surface area contributed by atoms with Gasteiger partial charge in [-0.25, -0.2) is 0 Å². The van der Waals surface area contributed by atoms with E-state index in [-0.39, 0.29) is 23.6 Å². The minimum atomic E-state index is -0.886. The maximum absolute atomic E-state index is 11.3. The van der Waals surface area contributed by atoms with Crippen LogP contribution in [0.3, 0.4) is 0 Å². The largest absolute Gasteiger partial charge is 0.481 e. The zero-order valence-electron chi connectivity index (χ0n) is 11.6. The van der Waals surface area contributed by atoms with Crippen LogP contribution in [-0.4, -0.2) is 34.9 Å². The van der Waals surface area contributed by atoms with E-state index in [0.29, 0.717) is 25.1 Å². The lowest BCUT2D eigenvalue weighted by Gasteiger charge is -2.32. The smallest absolute Gasteiger partial charge is 0.308 e. The van der Waals surface area contributed by atoms with Crippen LogP contribution in [0, 0.1) is 16.0 Å². The van der Waals surface area contributed by atoms with Crippen LogP contribution in [-0.2, 0) is 4.79 Å². The van der Waals surface area contributed by atoms with Crippen LogP contribution in [0.4, 0.5) is 11.4 Å². The number of nitrogens with zero attached hydrogens (tertiary/aromatic N) is 2. The van der Waals surface area contributed by atoms with E-state index in [2.05, 4.69) is 0 Å². The van der Waals surface area contributed by atoms with Gasteiger partial charge in [-0.3, -0.25) is 19.7 Å². The molecule has 7 heteroatoms. The van der Waals surface area contributed by atoms with Gasteiger partial charge >= 0.3 is 5.97 Å². The number of carboxylic acid groups (broad SMARTS) is 1. The number of Topliss-reactive ketones (excluding diaryl/α,β-unsaturated/α-hetero) is 1. The van der Waals surface area contributed by atoms with Crippen LogP contribution >= 0.6 is 0 Å². The minimum absolute atomic E-state index is 0.159. The van der Waals surface area contributed by atoms with Crippen molar-refractivity contribution in [2.24, 2.45) is 5.92 Å². The van der Waals surface area contributed by atoms with Crippen molar-refractivity contribution in [3.05, 3.63) is 33.9 Å². The Labute approximate surface area is 121 Å². The van der Waals surface area contributed by atoms with E-state index in [9.17, 15) is 19.7 Å². The Bertz CT molecular complexity index is 599. The number of carbonyl (C=O) groups is 2. The van der Waals surface area contributed by atoms with Crippen LogP contribution < -0.4 is 4.90 Å². The standard InChI is InChI=1S/C14H16N2O5/c1-9(17)10-4-5-12(13(7-10)16(20)21)15-6-2-3-11(8-15)14(18)19/h4-5,7,11H,2-3,6,8H2,1H3,(H,18,19). The van der Waals surface area contributed by atoms with Gasteiger partial charge in [-0.1, -0.05) is 0 Å². The third kappa shape index (κ3) is 3.18. The highest BCUT2D eigenvalue weighted by Crippen LogP contribution is 2.32. The second-order valence-electron chi connectivity index (χ2n) is 5.14. The molecular formula is C14H16N2O5. The quantitative estimate of drug-likeness (QED) is 0.518. The number of carboxylic acids is 1. The topological polar surface area (TPSA) is 101 Å². The van der Waals surface area contributed by atoms with Gasteiger partial charge in [0.1, 0.15) is 5.69 Å². The molecule has 1 fully saturated rings. The predicted octanol–water partition coefficient (Wildman–Crippen LogP) is 2.10. The fraction of sp³-hybridized carbons (Fsp3) is 0.429. The number of rotatable bonds is 4. The Morgan fingerprint density at radius 2 is 2.14 bits per heavy atom. The number of piperidine rings is 1. The molecule has 0 aromatic heterocycles. The molecule has 0 aliphatic carbocycles. The van der Waals surface area contributed by atoms with Crippen LogP contribution in [0.5, 0.6) is 0 Å². The molecule has 112 valence electrons. The van der Waals surface area contributed by atoms with E-state index in [1.807, 2.05) is 0 Å². The van der Waals surface area contributed by atoms with Crippen LogP contribution in [0.25, 0.3) is 0 Å². The van der Waals surface area contributed by atoms with Gasteiger partial charge in [-0.05, 0) is 31.9 Å². The van der Waals surface area contributed by atoms with E-state index in [1.165, 1.54) is 25.1 Å². The van der Waals surface area contributed by atoms with Crippen LogP contribution in [0.1, 0.15) is 30.1 Å². The Morgan fingerprint density at radius 1 is 1.43 bits per heavy atom. The van der Waals surface area contributed by atoms with E-state index < -0.39 is 16.8 Å². The fourth-order valence-corrected chi connectivity index (χ4v) is 2.55. The number of aliphatic carboxylic acids is 1. The molecule has 1 aliphatic heterocycles. The normalized spacial score (nSPS) is 18.3. The van der Waals surface area contributed by atoms with Crippen molar-refractivity contribution in [3.63, 3.8) is 0 Å². The fourth-order valence-electron chi connectivity index (χ4n) is 2.55. The molecule has 0 bridgehead atoms. The second kappa shape index (κ2) is 5.90. The molecule has 1 saturated heterocycles. The average molecular weight is 292 g/mol. The first-order chi connectivity index (χ1) is 9.90. The molecule has 0 radical (unpaired) electrons. The third-order valence-corrected chi connectivity index (χ3v) is 3.69. The Morgan fingerprint density at radius 3 is 2.71 bits per heavy atom. The number of ketones is 1. The lowest BCUT2D eigenvalue weighted by molar-refractivity contribution is -0.384. The van der Waals surface area contributed by atoms with Gasteiger partial charge < -0.3 is 10.0 Å². The van der Waals surface area contributed by atoms with Crippen LogP contribution in [0.15, 0.2) is 18.2 Å². The van der Waals surface area contributed by atoms with Gasteiger partial charge in [-0.2, -0.15) is 0 Å². The Hall–Kier alpha value is -2.44. The van der Waals surface area contributed by atoms with E-state index in [4.69, 9.17) is 5.11 Å². The van der Waals surface area contributed by atoms with Gasteiger partial charge in [0.15, 0.2) is 5.78 Å². The molecule has 1 atom stereocenters. The molecule has 21 heavy (non-hydrogen) atoms. The lowest BCUT2D eigenvalue weighted by atomic mass is 9.97. The summed E-state index contributed by atoms with van der Waals surface area (Å²) in [6, 6.07) is 4.32. The van der Waals surface area contributed by atoms with E-state index >= 15 is 0 Å². The zero-order valence-corrected chi connectivity index (χ0v) is 11.6. The number of nitro benzene ring substituents is 1. The van der Waals surface area contributed by atoms with E-state index in [1.54, 1.807) is 4.90 Å². The zero-order chi connectivity index (χ0) is 15.6. The van der Waals surface area contributed by atoms with Crippen molar-refractivity contribution in [2.75, 3.05) is 18.0 Å². The first-order valence-corrected chi connectivity index (χ1v) is 6.67. The summed E-state index contributed by atoms with van der Waals surface area (Å²) in [7, 11) is 0. The van der Waals surface area contributed by atoms with Gasteiger partial charge in [0.2, 0.25) is 0 Å². The molecule has 0 amide bonds. The van der Waals surface area contributed by atoms with Crippen LogP contribution in [0.2, 0.25) is 0 Å². The maximum atomic E-state index is 11.3. The number of hydrogen-bond acceptors (Lipinski definition) is 5. The summed E-state index contributed by atoms with van der Waals surface area (Å²) in [5.41, 5.74) is 0.488. The molecule has 1 N–H and O–H groups in total. The number of benzene rings is 1. The number of carbonyl (C=O) groups excluding carboxylic acids is 1. The summed E-state index contributed by atoms with van der Waals surface area (Å²) in [6.45, 7) is 2.17. The Kier molecular flexibility index (Phi) is 4.21. The molecular weight excluding hydrogens is 276 g/mol. The van der Waals surface area contributed by atoms with Gasteiger partial charge in [-0.15, -0.1) is 0 Å². The summed E-state index contributed by atoms with van der Waals surface area (Å²) in [4.78, 5) is 34.8. The SMILES string of the molecule is CC(=O)c1ccc(N2CCCC(C(=O)O)C2)c([N+](=O)[O-])c1. The summed E-state index contributed by atoms with van der Waals surface area (Å²) in [5.74, 6) is -1.65. The van der Waals surface area contributed by atoms with Crippen molar-refractivity contribution in [3.8, 4) is 0 Å². The number of nitro groups is 1. The monoisotopic (exact) mass is 292 g/mol. The number of hydrogen-bond donors (Lipinski definition) is 1. The highest BCUT2D eigenvalue weighted by molar-refractivity contribution is 5.95. The molecule has 1 aromatic rings. The molecule has 1 unspecified atom stereocenters. The van der Waals surface area contributed by atoms with Crippen molar-refractivity contribution in [2.45, 2.75) is 19.8 Å². The predicted molar refractivity (Wildman–Crippen MR) is 75.7 cm³/mol. The van der Waals surface area contributed by atoms with E-state index in [0.717, 1.165) is 0 Å². The first-order valence-electron chi connectivity index (χ1n) is 6.67. The molecule has 1 aliphatic rings. The molecule has 1 aromatic carbocycles. The highest BCUT2D eigenvalue weighted by atomic mass is 16.6. The first kappa shape index (κ1) is 15.0. The number of anilines is 1. The maximum Gasteiger partial charge on any atom is 0.308 e. The highest BCUT2D eigenvalue weighted by Gasteiger charge is 2.29. The molecule has 0 saturated carbocycles. The van der Waals surface area contributed by atoms with Gasteiger partial charge in [0, 0.05) is 24.7 Å². The molecule has 1 heterocycles. The third-order valence-electron chi connectivity index (χ3n) is 3.69. The van der Waals surface area contributed by atoms with Crippen molar-refractivity contribution < 1.29 is 19.6 Å².